The molecule has 0 saturated carbocycles. The van der Waals surface area contributed by atoms with E-state index < -0.39 is 24.1 Å². The van der Waals surface area contributed by atoms with Gasteiger partial charge in [0.15, 0.2) is 52.1 Å². The van der Waals surface area contributed by atoms with E-state index in [1.54, 1.807) is 48.5 Å². The van der Waals surface area contributed by atoms with Crippen molar-refractivity contribution in [2.24, 2.45) is 0 Å². The minimum atomic E-state index is -1.34. The molecule has 0 heterocycles. The summed E-state index contributed by atoms with van der Waals surface area (Å²) in [6, 6.07) is 18.8. The van der Waals surface area contributed by atoms with E-state index in [0.717, 1.165) is 5.56 Å². The van der Waals surface area contributed by atoms with E-state index in [1.165, 1.54) is 77.0 Å². The van der Waals surface area contributed by atoms with Gasteiger partial charge in [0.25, 0.3) is 0 Å². The average Bonchev–Trinajstić information content (AvgIpc) is 3.17. The van der Waals surface area contributed by atoms with Gasteiger partial charge in [-0.15, -0.1) is 0 Å². The van der Waals surface area contributed by atoms with Crippen LogP contribution in [-0.2, 0) is 25.5 Å². The second-order valence-electron chi connectivity index (χ2n) is 11.4. The van der Waals surface area contributed by atoms with Crippen molar-refractivity contribution in [3.63, 3.8) is 0 Å². The third-order valence-corrected chi connectivity index (χ3v) is 7.88. The molecule has 53 heavy (non-hydrogen) atoms. The summed E-state index contributed by atoms with van der Waals surface area (Å²) >= 11 is 0. The molecule has 280 valence electrons. The molecule has 0 aliphatic heterocycles. The van der Waals surface area contributed by atoms with E-state index in [-0.39, 0.29) is 53.5 Å². The van der Waals surface area contributed by atoms with Gasteiger partial charge >= 0.3 is 11.9 Å². The summed E-state index contributed by atoms with van der Waals surface area (Å²) in [6.45, 7) is -0.218. The van der Waals surface area contributed by atoms with Gasteiger partial charge in [0.05, 0.1) is 35.0 Å². The lowest BCUT2D eigenvalue weighted by Gasteiger charge is -2.25. The van der Waals surface area contributed by atoms with Crippen LogP contribution in [0.25, 0.3) is 12.2 Å². The summed E-state index contributed by atoms with van der Waals surface area (Å²) in [4.78, 5) is 24.9. The zero-order chi connectivity index (χ0) is 38.3. The van der Waals surface area contributed by atoms with Crippen LogP contribution >= 0.6 is 0 Å². The molecule has 0 radical (unpaired) electrons. The van der Waals surface area contributed by atoms with Gasteiger partial charge in [-0.2, -0.15) is 0 Å². The number of esters is 2. The fraction of sp³-hybridized carbons (Fsp3) is 0.250. The van der Waals surface area contributed by atoms with Crippen molar-refractivity contribution in [1.82, 2.24) is 0 Å². The first-order valence-corrected chi connectivity index (χ1v) is 16.4. The van der Waals surface area contributed by atoms with Crippen molar-refractivity contribution >= 4 is 24.1 Å². The summed E-state index contributed by atoms with van der Waals surface area (Å²) in [5, 5.41) is 41.0. The van der Waals surface area contributed by atoms with Crippen molar-refractivity contribution in [2.75, 3.05) is 41.7 Å². The van der Waals surface area contributed by atoms with E-state index >= 15 is 0 Å². The Bertz CT molecular complexity index is 1920. The minimum absolute atomic E-state index is 0.00410. The molecular formula is C40H42O13. The molecule has 4 aromatic rings. The molecule has 0 aliphatic carbocycles. The van der Waals surface area contributed by atoms with Gasteiger partial charge in [0, 0.05) is 12.2 Å². The normalized spacial score (nSPS) is 12.2. The molecule has 0 unspecified atom stereocenters. The number of phenols is 3. The van der Waals surface area contributed by atoms with Gasteiger partial charge in [-0.25, -0.2) is 9.59 Å². The number of carbonyl (C=O) groups is 2. The molecule has 0 saturated heterocycles. The minimum Gasteiger partial charge on any atom is -0.504 e. The number of aryl methyl sites for hydroxylation is 1. The molecule has 13 nitrogen and oxygen atoms in total. The maximum absolute atomic E-state index is 12.7. The van der Waals surface area contributed by atoms with E-state index in [4.69, 9.17) is 33.2 Å². The van der Waals surface area contributed by atoms with Crippen LogP contribution in [0.4, 0.5) is 0 Å². The first kappa shape index (κ1) is 39.4. The van der Waals surface area contributed by atoms with Crippen molar-refractivity contribution in [2.45, 2.75) is 25.0 Å². The van der Waals surface area contributed by atoms with E-state index in [0.29, 0.717) is 35.3 Å². The van der Waals surface area contributed by atoms with Crippen LogP contribution in [0.3, 0.4) is 0 Å². The Balaban J connectivity index is 1.41. The van der Waals surface area contributed by atoms with E-state index in [9.17, 15) is 30.0 Å². The Morgan fingerprint density at radius 2 is 1.15 bits per heavy atom. The summed E-state index contributed by atoms with van der Waals surface area (Å²) in [6.07, 6.45) is 4.10. The van der Waals surface area contributed by atoms with Gasteiger partial charge in [-0.3, -0.25) is 0 Å². The highest BCUT2D eigenvalue weighted by molar-refractivity contribution is 5.87. The summed E-state index contributed by atoms with van der Waals surface area (Å²) in [5.74, 6) is -0.151. The molecule has 0 amide bonds. The molecule has 0 aliphatic rings. The number of phenolic OH excluding ortho intramolecular Hbond substituents is 3. The number of ether oxygens (including phenoxy) is 7. The average molecular weight is 731 g/mol. The van der Waals surface area contributed by atoms with Crippen molar-refractivity contribution in [3.05, 3.63) is 107 Å². The number of methoxy groups -OCH3 is 4. The molecule has 0 fully saturated rings. The predicted octanol–water partition coefficient (Wildman–Crippen LogP) is 5.76. The Labute approximate surface area is 306 Å². The highest BCUT2D eigenvalue weighted by Crippen LogP contribution is 2.35. The lowest BCUT2D eigenvalue weighted by atomic mass is 10.0. The van der Waals surface area contributed by atoms with Crippen LogP contribution in [0, 0.1) is 0 Å². The molecule has 4 aromatic carbocycles. The molecule has 0 bridgehead atoms. The topological polar surface area (TPSA) is 180 Å². The Morgan fingerprint density at radius 1 is 0.623 bits per heavy atom. The first-order chi connectivity index (χ1) is 25.5. The smallest absolute Gasteiger partial charge is 0.330 e. The fourth-order valence-corrected chi connectivity index (χ4v) is 5.04. The van der Waals surface area contributed by atoms with Crippen LogP contribution in [0.2, 0.25) is 0 Å². The largest absolute Gasteiger partial charge is 0.504 e. The maximum Gasteiger partial charge on any atom is 0.330 e. The predicted molar refractivity (Wildman–Crippen MR) is 195 cm³/mol. The first-order valence-electron chi connectivity index (χ1n) is 16.4. The second-order valence-corrected chi connectivity index (χ2v) is 11.4. The molecule has 2 atom stereocenters. The van der Waals surface area contributed by atoms with Gasteiger partial charge in [-0.1, -0.05) is 24.3 Å². The SMILES string of the molecule is COc1cc(/C=C/C(=O)OCCCc2ccc(O[C@@H](COC(=O)/C=C/c3ccc(O)c(OC)c3)[C@H](O)c3ccc(O)c(OC)c3)c(OC)c2)ccc1O. The van der Waals surface area contributed by atoms with Gasteiger partial charge < -0.3 is 53.6 Å². The zero-order valence-electron chi connectivity index (χ0n) is 29.7. The zero-order valence-corrected chi connectivity index (χ0v) is 29.7. The number of aliphatic hydroxyl groups is 1. The lowest BCUT2D eigenvalue weighted by molar-refractivity contribution is -0.142. The Kier molecular flexibility index (Phi) is 14.4. The number of hydrogen-bond donors (Lipinski definition) is 4. The summed E-state index contributed by atoms with van der Waals surface area (Å²) in [7, 11) is 5.69. The number of aromatic hydroxyl groups is 3. The number of aliphatic hydroxyl groups excluding tert-OH is 1. The highest BCUT2D eigenvalue weighted by atomic mass is 16.6. The van der Waals surface area contributed by atoms with Crippen LogP contribution in [0.5, 0.6) is 46.0 Å². The molecule has 4 N–H and O–H groups in total. The van der Waals surface area contributed by atoms with Crippen molar-refractivity contribution in [3.8, 4) is 46.0 Å². The number of carbonyl (C=O) groups excluding carboxylic acids is 2. The molecule has 13 heteroatoms. The third kappa shape index (κ3) is 11.3. The number of benzene rings is 4. The Hall–Kier alpha value is -6.34. The van der Waals surface area contributed by atoms with Gasteiger partial charge in [-0.05, 0) is 95.8 Å². The molecular weight excluding hydrogens is 688 g/mol. The van der Waals surface area contributed by atoms with E-state index in [2.05, 4.69) is 0 Å². The highest BCUT2D eigenvalue weighted by Gasteiger charge is 2.27. The quantitative estimate of drug-likeness (QED) is 0.0552. The maximum atomic E-state index is 12.7. The Morgan fingerprint density at radius 3 is 1.72 bits per heavy atom. The van der Waals surface area contributed by atoms with E-state index in [1.807, 2.05) is 0 Å². The number of rotatable bonds is 18. The van der Waals surface area contributed by atoms with Gasteiger partial charge in [0.1, 0.15) is 12.7 Å². The monoisotopic (exact) mass is 730 g/mol. The molecule has 4 rings (SSSR count). The van der Waals surface area contributed by atoms with Crippen LogP contribution in [-0.4, -0.2) is 80.1 Å². The lowest BCUT2D eigenvalue weighted by Crippen LogP contribution is -2.31. The number of hydrogen-bond acceptors (Lipinski definition) is 13. The molecule has 0 spiro atoms. The summed E-state index contributed by atoms with van der Waals surface area (Å²) in [5.41, 5.74) is 2.42. The fourth-order valence-electron chi connectivity index (χ4n) is 5.04. The second kappa shape index (κ2) is 19.3. The van der Waals surface area contributed by atoms with Crippen LogP contribution in [0.15, 0.2) is 84.9 Å². The standard InChI is InChI=1S/C40H42O13/c1-47-33-20-26(7-13-29(33)41)10-17-38(44)51-19-5-6-25-9-16-32(36(22-25)50-4)53-37(40(46)28-12-15-31(43)35(23-28)49-3)24-52-39(45)18-11-27-8-14-30(42)34(21-27)48-2/h7-18,20-23,37,40-43,46H,5-6,19,24H2,1-4H3/b17-10+,18-11+/t37-,40+/m0/s1. The molecule has 0 aromatic heterocycles. The summed E-state index contributed by atoms with van der Waals surface area (Å²) < 4.78 is 37.9. The third-order valence-electron chi connectivity index (χ3n) is 7.88. The van der Waals surface area contributed by atoms with Crippen LogP contribution in [0.1, 0.15) is 34.8 Å². The van der Waals surface area contributed by atoms with Crippen LogP contribution < -0.4 is 23.7 Å². The van der Waals surface area contributed by atoms with Crippen molar-refractivity contribution < 1.29 is 63.2 Å². The van der Waals surface area contributed by atoms with Gasteiger partial charge in [0.2, 0.25) is 0 Å². The van der Waals surface area contributed by atoms with Crippen molar-refractivity contribution in [1.29, 1.82) is 0 Å².